The topological polar surface area (TPSA) is 69.2 Å². The van der Waals surface area contributed by atoms with Gasteiger partial charge in [-0.15, -0.1) is 0 Å². The highest BCUT2D eigenvalue weighted by atomic mass is 16.2. The van der Waals surface area contributed by atoms with Crippen molar-refractivity contribution < 1.29 is 9.90 Å². The van der Waals surface area contributed by atoms with Gasteiger partial charge >= 0.3 is 0 Å². The number of aromatic nitrogens is 2. The van der Waals surface area contributed by atoms with Crippen LogP contribution in [-0.4, -0.2) is 46.3 Å². The number of hydrogen-bond donors (Lipinski definition) is 2. The lowest BCUT2D eigenvalue weighted by Crippen LogP contribution is -2.27. The number of aliphatic hydroxyl groups excluding tert-OH is 1. The predicted octanol–water partition coefficient (Wildman–Crippen LogP) is 1.80. The van der Waals surface area contributed by atoms with E-state index in [0.717, 1.165) is 30.2 Å². The molecule has 5 heteroatoms. The van der Waals surface area contributed by atoms with Crippen molar-refractivity contribution in [2.24, 2.45) is 0 Å². The van der Waals surface area contributed by atoms with Gasteiger partial charge in [0, 0.05) is 31.1 Å². The molecule has 2 aromatic rings. The van der Waals surface area contributed by atoms with Crippen LogP contribution in [0.3, 0.4) is 0 Å². The highest BCUT2D eigenvalue weighted by Crippen LogP contribution is 2.14. The van der Waals surface area contributed by atoms with Crippen molar-refractivity contribution in [2.45, 2.75) is 19.3 Å². The Labute approximate surface area is 112 Å². The summed E-state index contributed by atoms with van der Waals surface area (Å²) in [7, 11) is 1.80. The van der Waals surface area contributed by atoms with Gasteiger partial charge in [-0.1, -0.05) is 6.07 Å². The van der Waals surface area contributed by atoms with Gasteiger partial charge in [0.15, 0.2) is 0 Å². The summed E-state index contributed by atoms with van der Waals surface area (Å²) in [5.74, 6) is 0.0144. The molecule has 2 rings (SSSR count). The number of H-pyrrole nitrogens is 1. The molecule has 1 aromatic heterocycles. The maximum Gasteiger partial charge on any atom is 0.253 e. The van der Waals surface area contributed by atoms with Gasteiger partial charge in [-0.25, -0.2) is 0 Å². The highest BCUT2D eigenvalue weighted by molar-refractivity contribution is 5.97. The summed E-state index contributed by atoms with van der Waals surface area (Å²) >= 11 is 0. The van der Waals surface area contributed by atoms with E-state index in [2.05, 4.69) is 10.2 Å². The van der Waals surface area contributed by atoms with E-state index in [-0.39, 0.29) is 12.5 Å². The molecule has 0 bridgehead atoms. The molecule has 0 aliphatic heterocycles. The number of nitrogens with one attached hydrogen (secondary N) is 1. The van der Waals surface area contributed by atoms with Crippen LogP contribution in [0.2, 0.25) is 0 Å². The summed E-state index contributed by atoms with van der Waals surface area (Å²) in [5, 5.41) is 16.5. The van der Waals surface area contributed by atoms with Crippen molar-refractivity contribution in [3.8, 4) is 0 Å². The Hall–Kier alpha value is -1.88. The zero-order valence-electron chi connectivity index (χ0n) is 11.1. The van der Waals surface area contributed by atoms with Crippen molar-refractivity contribution in [3.63, 3.8) is 0 Å². The number of nitrogens with zero attached hydrogens (tertiary/aromatic N) is 2. The molecule has 0 unspecified atom stereocenters. The van der Waals surface area contributed by atoms with Crippen molar-refractivity contribution in [3.05, 3.63) is 30.0 Å². The Morgan fingerprint density at radius 3 is 3.00 bits per heavy atom. The Morgan fingerprint density at radius 2 is 2.21 bits per heavy atom. The molecule has 0 spiro atoms. The average molecular weight is 261 g/mol. The number of carbonyl (C=O) groups is 1. The van der Waals surface area contributed by atoms with E-state index in [9.17, 15) is 4.79 Å². The van der Waals surface area contributed by atoms with Crippen LogP contribution in [0.25, 0.3) is 10.9 Å². The lowest BCUT2D eigenvalue weighted by atomic mass is 10.1. The number of aromatic amines is 1. The van der Waals surface area contributed by atoms with Gasteiger partial charge in [0.05, 0.1) is 11.7 Å². The molecule has 19 heavy (non-hydrogen) atoms. The van der Waals surface area contributed by atoms with Crippen molar-refractivity contribution >= 4 is 16.8 Å². The zero-order valence-corrected chi connectivity index (χ0v) is 11.1. The minimum absolute atomic E-state index is 0.0144. The molecule has 0 aliphatic rings. The van der Waals surface area contributed by atoms with Gasteiger partial charge in [-0.05, 0) is 31.4 Å². The highest BCUT2D eigenvalue weighted by Gasteiger charge is 2.12. The molecule has 0 saturated heterocycles. The summed E-state index contributed by atoms with van der Waals surface area (Å²) < 4.78 is 0. The fraction of sp³-hybridized carbons (Fsp3) is 0.429. The molecule has 102 valence electrons. The molecule has 0 atom stereocenters. The van der Waals surface area contributed by atoms with E-state index in [1.165, 1.54) is 0 Å². The molecular weight excluding hydrogens is 242 g/mol. The summed E-state index contributed by atoms with van der Waals surface area (Å²) in [4.78, 5) is 13.9. The van der Waals surface area contributed by atoms with Crippen LogP contribution in [0.4, 0.5) is 0 Å². The van der Waals surface area contributed by atoms with Gasteiger partial charge in [0.1, 0.15) is 0 Å². The van der Waals surface area contributed by atoms with E-state index in [4.69, 9.17) is 5.11 Å². The number of unbranched alkanes of at least 4 members (excludes halogenated alkanes) is 2. The normalized spacial score (nSPS) is 10.8. The number of carbonyl (C=O) groups excluding carboxylic acids is 1. The van der Waals surface area contributed by atoms with Crippen LogP contribution >= 0.6 is 0 Å². The molecule has 1 aromatic carbocycles. The molecule has 5 nitrogen and oxygen atoms in total. The van der Waals surface area contributed by atoms with E-state index < -0.39 is 0 Å². The summed E-state index contributed by atoms with van der Waals surface area (Å²) in [5.41, 5.74) is 1.54. The number of amides is 1. The van der Waals surface area contributed by atoms with Gasteiger partial charge in [0.2, 0.25) is 0 Å². The third kappa shape index (κ3) is 3.32. The smallest absolute Gasteiger partial charge is 0.253 e. The second-order valence-electron chi connectivity index (χ2n) is 4.68. The van der Waals surface area contributed by atoms with Crippen molar-refractivity contribution in [2.75, 3.05) is 20.2 Å². The summed E-state index contributed by atoms with van der Waals surface area (Å²) in [6, 6.07) is 5.55. The first-order valence-electron chi connectivity index (χ1n) is 6.52. The van der Waals surface area contributed by atoms with Crippen LogP contribution in [0.5, 0.6) is 0 Å². The van der Waals surface area contributed by atoms with Crippen LogP contribution < -0.4 is 0 Å². The molecule has 0 fully saturated rings. The van der Waals surface area contributed by atoms with Crippen LogP contribution in [0.1, 0.15) is 29.6 Å². The van der Waals surface area contributed by atoms with Gasteiger partial charge in [-0.3, -0.25) is 9.89 Å². The van der Waals surface area contributed by atoms with E-state index >= 15 is 0 Å². The number of aliphatic hydroxyl groups is 1. The fourth-order valence-corrected chi connectivity index (χ4v) is 2.03. The second kappa shape index (κ2) is 6.33. The quantitative estimate of drug-likeness (QED) is 0.779. The minimum atomic E-state index is 0.0144. The van der Waals surface area contributed by atoms with Crippen molar-refractivity contribution in [1.29, 1.82) is 0 Å². The monoisotopic (exact) mass is 261 g/mol. The third-order valence-electron chi connectivity index (χ3n) is 3.19. The Bertz CT molecular complexity index is 550. The second-order valence-corrected chi connectivity index (χ2v) is 4.68. The molecule has 0 saturated carbocycles. The van der Waals surface area contributed by atoms with Gasteiger partial charge < -0.3 is 10.0 Å². The lowest BCUT2D eigenvalue weighted by molar-refractivity contribution is 0.0792. The van der Waals surface area contributed by atoms with Gasteiger partial charge in [-0.2, -0.15) is 5.10 Å². The Balaban J connectivity index is 1.97. The summed E-state index contributed by atoms with van der Waals surface area (Å²) in [6.07, 6.45) is 4.38. The van der Waals surface area contributed by atoms with E-state index in [1.807, 2.05) is 18.2 Å². The molecule has 1 amide bonds. The first-order chi connectivity index (χ1) is 9.22. The molecule has 1 heterocycles. The Morgan fingerprint density at radius 1 is 1.37 bits per heavy atom. The van der Waals surface area contributed by atoms with Gasteiger partial charge in [0.25, 0.3) is 5.91 Å². The SMILES string of the molecule is CN(CCCCCO)C(=O)c1ccc2cn[nH]c2c1. The Kier molecular flexibility index (Phi) is 4.52. The first-order valence-corrected chi connectivity index (χ1v) is 6.52. The maximum absolute atomic E-state index is 12.2. The fourth-order valence-electron chi connectivity index (χ4n) is 2.03. The largest absolute Gasteiger partial charge is 0.396 e. The van der Waals surface area contributed by atoms with Crippen LogP contribution in [0, 0.1) is 0 Å². The zero-order chi connectivity index (χ0) is 13.7. The van der Waals surface area contributed by atoms with E-state index in [1.54, 1.807) is 18.1 Å². The number of fused-ring (bicyclic) bond motifs is 1. The average Bonchev–Trinajstić information content (AvgIpc) is 2.89. The number of benzene rings is 1. The lowest BCUT2D eigenvalue weighted by Gasteiger charge is -2.17. The molecular formula is C14H19N3O2. The molecule has 2 N–H and O–H groups in total. The van der Waals surface area contributed by atoms with Crippen molar-refractivity contribution in [1.82, 2.24) is 15.1 Å². The number of hydrogen-bond acceptors (Lipinski definition) is 3. The number of rotatable bonds is 6. The predicted molar refractivity (Wildman–Crippen MR) is 74.0 cm³/mol. The van der Waals surface area contributed by atoms with E-state index in [0.29, 0.717) is 12.1 Å². The van der Waals surface area contributed by atoms with Crippen LogP contribution in [-0.2, 0) is 0 Å². The minimum Gasteiger partial charge on any atom is -0.396 e. The standard InChI is InChI=1S/C14H19N3O2/c1-17(7-3-2-4-8-18)14(19)11-5-6-12-10-15-16-13(12)9-11/h5-6,9-10,18H,2-4,7-8H2,1H3,(H,15,16). The first kappa shape index (κ1) is 13.5. The maximum atomic E-state index is 12.2. The third-order valence-corrected chi connectivity index (χ3v) is 3.19. The molecule has 0 radical (unpaired) electrons. The van der Waals surface area contributed by atoms with Crippen LogP contribution in [0.15, 0.2) is 24.4 Å². The summed E-state index contributed by atoms with van der Waals surface area (Å²) in [6.45, 7) is 0.925. The molecule has 0 aliphatic carbocycles.